The van der Waals surface area contributed by atoms with Crippen molar-refractivity contribution in [1.29, 1.82) is 0 Å². The van der Waals surface area contributed by atoms with Crippen LogP contribution in [0.3, 0.4) is 0 Å². The van der Waals surface area contributed by atoms with Crippen LogP contribution >= 0.6 is 0 Å². The van der Waals surface area contributed by atoms with Crippen molar-refractivity contribution in [3.63, 3.8) is 0 Å². The van der Waals surface area contributed by atoms with E-state index >= 15 is 0 Å². The highest BCUT2D eigenvalue weighted by molar-refractivity contribution is 5.50. The van der Waals surface area contributed by atoms with Crippen LogP contribution in [0.15, 0.2) is 48.7 Å². The van der Waals surface area contributed by atoms with Gasteiger partial charge in [0, 0.05) is 24.0 Å². The number of nitrogens with zero attached hydrogens (tertiary/aromatic N) is 3. The van der Waals surface area contributed by atoms with E-state index in [-0.39, 0.29) is 0 Å². The molecule has 0 saturated carbocycles. The summed E-state index contributed by atoms with van der Waals surface area (Å²) in [6.45, 7) is 2.11. The zero-order valence-electron chi connectivity index (χ0n) is 14.7. The number of benzene rings is 1. The first-order valence-electron chi connectivity index (χ1n) is 9.14. The fourth-order valence-electron chi connectivity index (χ4n) is 3.39. The highest BCUT2D eigenvalue weighted by Gasteiger charge is 2.12. The van der Waals surface area contributed by atoms with E-state index in [1.165, 1.54) is 41.6 Å². The zero-order chi connectivity index (χ0) is 17.1. The molecule has 0 bridgehead atoms. The second-order valence-corrected chi connectivity index (χ2v) is 6.90. The van der Waals surface area contributed by atoms with E-state index in [1.807, 2.05) is 12.3 Å². The van der Waals surface area contributed by atoms with E-state index in [9.17, 15) is 0 Å². The highest BCUT2D eigenvalue weighted by atomic mass is 14.9. The number of hydrogen-bond acceptors (Lipinski definition) is 3. The molecule has 1 aliphatic carbocycles. The maximum atomic E-state index is 4.83. The molecular formula is C22H23N3. The quantitative estimate of drug-likeness (QED) is 0.653. The number of rotatable bonds is 3. The molecule has 25 heavy (non-hydrogen) atoms. The Morgan fingerprint density at radius 1 is 0.880 bits per heavy atom. The SMILES string of the molecule is Cc1ccc(Cc2cccc(-c3ncc4c(n3)CCCCC4)n2)cc1. The van der Waals surface area contributed by atoms with Crippen molar-refractivity contribution in [3.8, 4) is 11.5 Å². The van der Waals surface area contributed by atoms with Crippen LogP contribution in [-0.2, 0) is 19.3 Å². The van der Waals surface area contributed by atoms with Gasteiger partial charge < -0.3 is 0 Å². The fourth-order valence-corrected chi connectivity index (χ4v) is 3.39. The van der Waals surface area contributed by atoms with Gasteiger partial charge in [-0.1, -0.05) is 42.3 Å². The zero-order valence-corrected chi connectivity index (χ0v) is 14.7. The predicted octanol–water partition coefficient (Wildman–Crippen LogP) is 4.71. The summed E-state index contributed by atoms with van der Waals surface area (Å²) < 4.78 is 0. The molecule has 0 aliphatic heterocycles. The monoisotopic (exact) mass is 329 g/mol. The number of hydrogen-bond donors (Lipinski definition) is 0. The van der Waals surface area contributed by atoms with Crippen molar-refractivity contribution in [2.75, 3.05) is 0 Å². The molecule has 2 heterocycles. The Bertz CT molecular complexity index is 869. The standard InChI is InChI=1S/C22H23N3/c1-16-10-12-17(13-11-16)14-19-7-5-9-21(24-19)22-23-15-18-6-3-2-4-8-20(18)25-22/h5,7,9-13,15H,2-4,6,8,14H2,1H3. The number of aryl methyl sites for hydroxylation is 3. The van der Waals surface area contributed by atoms with Gasteiger partial charge in [-0.3, -0.25) is 0 Å². The van der Waals surface area contributed by atoms with Crippen LogP contribution in [0.5, 0.6) is 0 Å². The minimum atomic E-state index is 0.756. The van der Waals surface area contributed by atoms with E-state index in [0.717, 1.165) is 36.5 Å². The van der Waals surface area contributed by atoms with Gasteiger partial charge in [-0.15, -0.1) is 0 Å². The molecule has 0 amide bonds. The van der Waals surface area contributed by atoms with Crippen molar-refractivity contribution in [3.05, 3.63) is 76.7 Å². The van der Waals surface area contributed by atoms with Crippen LogP contribution in [0.1, 0.15) is 47.3 Å². The third-order valence-electron chi connectivity index (χ3n) is 4.86. The van der Waals surface area contributed by atoms with E-state index in [1.54, 1.807) is 0 Å². The average molecular weight is 329 g/mol. The molecule has 0 N–H and O–H groups in total. The van der Waals surface area contributed by atoms with Crippen molar-refractivity contribution in [2.45, 2.75) is 45.4 Å². The molecule has 0 atom stereocenters. The van der Waals surface area contributed by atoms with Crippen molar-refractivity contribution < 1.29 is 0 Å². The van der Waals surface area contributed by atoms with Crippen LogP contribution in [0.4, 0.5) is 0 Å². The molecular weight excluding hydrogens is 306 g/mol. The van der Waals surface area contributed by atoms with Crippen LogP contribution in [0, 0.1) is 6.92 Å². The summed E-state index contributed by atoms with van der Waals surface area (Å²) in [6.07, 6.45) is 8.78. The predicted molar refractivity (Wildman–Crippen MR) is 101 cm³/mol. The Balaban J connectivity index is 1.61. The average Bonchev–Trinajstić information content (AvgIpc) is 2.89. The van der Waals surface area contributed by atoms with Gasteiger partial charge in [0.05, 0.1) is 0 Å². The van der Waals surface area contributed by atoms with Gasteiger partial charge in [0.1, 0.15) is 5.69 Å². The lowest BCUT2D eigenvalue weighted by Crippen LogP contribution is -2.02. The Morgan fingerprint density at radius 2 is 1.72 bits per heavy atom. The van der Waals surface area contributed by atoms with Crippen LogP contribution in [-0.4, -0.2) is 15.0 Å². The molecule has 0 spiro atoms. The molecule has 0 radical (unpaired) electrons. The van der Waals surface area contributed by atoms with E-state index in [2.05, 4.69) is 48.3 Å². The molecule has 3 aromatic rings. The molecule has 3 nitrogen and oxygen atoms in total. The molecule has 0 saturated heterocycles. The molecule has 0 fully saturated rings. The highest BCUT2D eigenvalue weighted by Crippen LogP contribution is 2.21. The van der Waals surface area contributed by atoms with E-state index in [4.69, 9.17) is 9.97 Å². The maximum Gasteiger partial charge on any atom is 0.178 e. The largest absolute Gasteiger partial charge is 0.249 e. The Kier molecular flexibility index (Phi) is 4.55. The first-order valence-corrected chi connectivity index (χ1v) is 9.14. The molecule has 0 unspecified atom stereocenters. The van der Waals surface area contributed by atoms with Gasteiger partial charge >= 0.3 is 0 Å². The Hall–Kier alpha value is -2.55. The van der Waals surface area contributed by atoms with E-state index < -0.39 is 0 Å². The molecule has 4 rings (SSSR count). The van der Waals surface area contributed by atoms with Gasteiger partial charge in [-0.25, -0.2) is 15.0 Å². The molecule has 126 valence electrons. The summed E-state index contributed by atoms with van der Waals surface area (Å²) in [5, 5.41) is 0. The smallest absolute Gasteiger partial charge is 0.178 e. The first kappa shape index (κ1) is 15.9. The van der Waals surface area contributed by atoms with Crippen molar-refractivity contribution in [1.82, 2.24) is 15.0 Å². The topological polar surface area (TPSA) is 38.7 Å². The van der Waals surface area contributed by atoms with Gasteiger partial charge in [-0.05, 0) is 55.9 Å². The second kappa shape index (κ2) is 7.14. The minimum absolute atomic E-state index is 0.756. The lowest BCUT2D eigenvalue weighted by atomic mass is 10.1. The van der Waals surface area contributed by atoms with Crippen LogP contribution in [0.25, 0.3) is 11.5 Å². The summed E-state index contributed by atoms with van der Waals surface area (Å²) in [7, 11) is 0. The van der Waals surface area contributed by atoms with Crippen molar-refractivity contribution >= 4 is 0 Å². The third-order valence-corrected chi connectivity index (χ3v) is 4.86. The number of fused-ring (bicyclic) bond motifs is 1. The summed E-state index contributed by atoms with van der Waals surface area (Å²) in [4.78, 5) is 14.2. The summed E-state index contributed by atoms with van der Waals surface area (Å²) in [6, 6.07) is 14.8. The van der Waals surface area contributed by atoms with Crippen LogP contribution in [0.2, 0.25) is 0 Å². The fraction of sp³-hybridized carbons (Fsp3) is 0.318. The second-order valence-electron chi connectivity index (χ2n) is 6.90. The summed E-state index contributed by atoms with van der Waals surface area (Å²) in [5.41, 5.74) is 7.02. The molecule has 2 aromatic heterocycles. The minimum Gasteiger partial charge on any atom is -0.249 e. The first-order chi connectivity index (χ1) is 12.3. The number of pyridine rings is 1. The molecule has 1 aliphatic rings. The summed E-state index contributed by atoms with van der Waals surface area (Å²) >= 11 is 0. The third kappa shape index (κ3) is 3.76. The van der Waals surface area contributed by atoms with E-state index in [0.29, 0.717) is 0 Å². The Labute approximate surface area is 149 Å². The van der Waals surface area contributed by atoms with Gasteiger partial charge in [0.25, 0.3) is 0 Å². The van der Waals surface area contributed by atoms with Crippen molar-refractivity contribution in [2.24, 2.45) is 0 Å². The lowest BCUT2D eigenvalue weighted by molar-refractivity contribution is 0.709. The van der Waals surface area contributed by atoms with Gasteiger partial charge in [0.2, 0.25) is 0 Å². The van der Waals surface area contributed by atoms with Crippen LogP contribution < -0.4 is 0 Å². The Morgan fingerprint density at radius 3 is 2.60 bits per heavy atom. The lowest BCUT2D eigenvalue weighted by Gasteiger charge is -2.08. The molecule has 3 heteroatoms. The number of aromatic nitrogens is 3. The normalized spacial score (nSPS) is 14.0. The summed E-state index contributed by atoms with van der Waals surface area (Å²) in [5.74, 6) is 0.756. The van der Waals surface area contributed by atoms with Gasteiger partial charge in [-0.2, -0.15) is 0 Å². The van der Waals surface area contributed by atoms with Gasteiger partial charge in [0.15, 0.2) is 5.82 Å². The maximum absolute atomic E-state index is 4.83. The molecule has 1 aromatic carbocycles.